The third-order valence-electron chi connectivity index (χ3n) is 8.22. The average Bonchev–Trinajstić information content (AvgIpc) is 3.20. The Balaban J connectivity index is 0.000000973. The quantitative estimate of drug-likeness (QED) is 0.0482. The van der Waals surface area contributed by atoms with Gasteiger partial charge < -0.3 is 48.9 Å². The van der Waals surface area contributed by atoms with Gasteiger partial charge in [0, 0.05) is 50.6 Å². The van der Waals surface area contributed by atoms with E-state index in [9.17, 15) is 22.7 Å². The van der Waals surface area contributed by atoms with E-state index in [4.69, 9.17) is 38.6 Å². The largest absolute Gasteiger partial charge is 0.542 e. The Kier molecular flexibility index (Phi) is 18.5. The van der Waals surface area contributed by atoms with Crippen LogP contribution in [0.5, 0.6) is 11.5 Å². The van der Waals surface area contributed by atoms with Crippen LogP contribution in [-0.4, -0.2) is 115 Å². The monoisotopic (exact) mass is 832 g/mol. The fourth-order valence-corrected chi connectivity index (χ4v) is 6.09. The third-order valence-corrected chi connectivity index (χ3v) is 9.31. The summed E-state index contributed by atoms with van der Waals surface area (Å²) in [5.74, 6) is -2.06. The lowest BCUT2D eigenvalue weighted by Gasteiger charge is -2.20. The van der Waals surface area contributed by atoms with Crippen molar-refractivity contribution in [1.82, 2.24) is 14.9 Å². The highest BCUT2D eigenvalue weighted by Gasteiger charge is 2.28. The summed E-state index contributed by atoms with van der Waals surface area (Å²) in [6.07, 6.45) is -5.88. The number of nitrogens with zero attached hydrogens (tertiary/aromatic N) is 3. The van der Waals surface area contributed by atoms with Gasteiger partial charge in [-0.2, -0.15) is 13.2 Å². The van der Waals surface area contributed by atoms with Crippen molar-refractivity contribution in [2.45, 2.75) is 18.9 Å². The zero-order chi connectivity index (χ0) is 41.9. The minimum absolute atomic E-state index is 0.138. The summed E-state index contributed by atoms with van der Waals surface area (Å²) in [6, 6.07) is 26.2. The SMILES string of the molecule is CN(CCOCCOCCOCCNC[C@@H](O)COc1cccc(OCc2ccc(F)cc2)c1)c1ccc2nc3ccc(=[N+](C)C)cc-3sc2c1.O=C([O-])C(F)(F)F. The molecule has 2 N–H and O–H groups in total. The standard InChI is InChI=1S/C39H48FN4O6S.C2HF3O2/c1-43(2)31-11-13-36-38(23-31)51-39-24-32(12-14-37(39)42-36)44(3)16-18-47-20-22-48-21-19-46-17-15-41-26-33(45)28-50-35-6-4-5-34(25-35)49-27-29-7-9-30(40)10-8-29;3-2(4,5)1(6)7/h4-14,23-25,33,41,45H,15-22,26-28H2,1-3H3;(H,6,7)/q+1;/p-1/t33-;/m1./s1. The molecule has 0 saturated carbocycles. The first-order valence-electron chi connectivity index (χ1n) is 18.3. The Hall–Kier alpha value is -4.91. The third kappa shape index (κ3) is 16.2. The number of likely N-dealkylation sites (N-methyl/N-ethyl adjacent to an activating group) is 1. The second-order valence-corrected chi connectivity index (χ2v) is 14.1. The molecule has 1 aliphatic heterocycles. The highest BCUT2D eigenvalue weighted by Crippen LogP contribution is 2.31. The number of aliphatic carboxylic acids is 1. The minimum atomic E-state index is -5.19. The number of alkyl halides is 3. The molecule has 2 aliphatic rings. The number of ether oxygens (including phenoxy) is 5. The molecule has 1 aliphatic carbocycles. The van der Waals surface area contributed by atoms with Crippen molar-refractivity contribution in [2.24, 2.45) is 0 Å². The summed E-state index contributed by atoms with van der Waals surface area (Å²) in [4.78, 5) is 17.0. The number of carbonyl (C=O) groups is 1. The number of hydrogen-bond acceptors (Lipinski definition) is 12. The predicted molar refractivity (Wildman–Crippen MR) is 212 cm³/mol. The van der Waals surface area contributed by atoms with Crippen LogP contribution in [0.3, 0.4) is 0 Å². The van der Waals surface area contributed by atoms with Crippen molar-refractivity contribution in [3.63, 3.8) is 0 Å². The zero-order valence-electron chi connectivity index (χ0n) is 32.5. The molecular weight excluding hydrogens is 785 g/mol. The van der Waals surface area contributed by atoms with Crippen molar-refractivity contribution in [2.75, 3.05) is 91.9 Å². The first-order valence-corrected chi connectivity index (χ1v) is 19.2. The van der Waals surface area contributed by atoms with Gasteiger partial charge in [0.1, 0.15) is 56.7 Å². The lowest BCUT2D eigenvalue weighted by Crippen LogP contribution is -2.37. The molecule has 0 spiro atoms. The van der Waals surface area contributed by atoms with Crippen molar-refractivity contribution in [3.05, 3.63) is 102 Å². The number of fused-ring (bicyclic) bond motifs is 2. The maximum atomic E-state index is 13.1. The van der Waals surface area contributed by atoms with Gasteiger partial charge in [0.25, 0.3) is 0 Å². The molecule has 1 heterocycles. The molecule has 12 nitrogen and oxygen atoms in total. The van der Waals surface area contributed by atoms with Gasteiger partial charge in [0.15, 0.2) is 0 Å². The molecule has 5 rings (SSSR count). The number of aromatic nitrogens is 1. The van der Waals surface area contributed by atoms with Gasteiger partial charge >= 0.3 is 6.18 Å². The molecule has 0 amide bonds. The molecule has 0 saturated heterocycles. The molecule has 1 atom stereocenters. The lowest BCUT2D eigenvalue weighted by atomic mass is 10.2. The number of benzene rings is 4. The van der Waals surface area contributed by atoms with Crippen LogP contribution in [0.25, 0.3) is 20.8 Å². The fraction of sp³-hybridized carbons (Fsp3) is 0.390. The Labute approximate surface area is 338 Å². The second-order valence-electron chi connectivity index (χ2n) is 13.0. The molecule has 0 unspecified atom stereocenters. The predicted octanol–water partition coefficient (Wildman–Crippen LogP) is 3.97. The molecule has 17 heteroatoms. The maximum Gasteiger partial charge on any atom is 0.430 e. The van der Waals surface area contributed by atoms with E-state index in [2.05, 4.69) is 58.2 Å². The lowest BCUT2D eigenvalue weighted by molar-refractivity contribution is -0.344. The van der Waals surface area contributed by atoms with Gasteiger partial charge in [0.2, 0.25) is 5.36 Å². The number of hydrogen-bond donors (Lipinski definition) is 2. The van der Waals surface area contributed by atoms with E-state index < -0.39 is 18.2 Å². The normalized spacial score (nSPS) is 11.9. The molecular formula is C41H48F4N4O8S. The van der Waals surface area contributed by atoms with E-state index in [0.717, 1.165) is 33.7 Å². The molecule has 0 bridgehead atoms. The number of anilines is 1. The zero-order valence-corrected chi connectivity index (χ0v) is 33.3. The Morgan fingerprint density at radius 2 is 1.55 bits per heavy atom. The fourth-order valence-electron chi connectivity index (χ4n) is 5.06. The number of rotatable bonds is 21. The van der Waals surface area contributed by atoms with Crippen LogP contribution in [-0.2, 0) is 25.6 Å². The number of carboxylic acids is 1. The van der Waals surface area contributed by atoms with Crippen LogP contribution in [0.1, 0.15) is 5.56 Å². The summed E-state index contributed by atoms with van der Waals surface area (Å²) < 4.78 is 76.4. The average molecular weight is 833 g/mol. The van der Waals surface area contributed by atoms with Crippen LogP contribution in [0.2, 0.25) is 0 Å². The smallest absolute Gasteiger partial charge is 0.430 e. The molecule has 314 valence electrons. The van der Waals surface area contributed by atoms with Crippen molar-refractivity contribution in [1.29, 1.82) is 0 Å². The summed E-state index contributed by atoms with van der Waals surface area (Å²) in [5.41, 5.74) is 4.02. The summed E-state index contributed by atoms with van der Waals surface area (Å²) >= 11 is 1.76. The number of halogens is 4. The molecule has 58 heavy (non-hydrogen) atoms. The van der Waals surface area contributed by atoms with Crippen LogP contribution in [0.4, 0.5) is 23.2 Å². The maximum absolute atomic E-state index is 13.1. The topological polar surface area (TPSA) is 138 Å². The van der Waals surface area contributed by atoms with E-state index in [1.807, 2.05) is 26.2 Å². The van der Waals surface area contributed by atoms with Crippen molar-refractivity contribution in [3.8, 4) is 22.1 Å². The summed E-state index contributed by atoms with van der Waals surface area (Å²) in [6.45, 7) is 5.31. The van der Waals surface area contributed by atoms with Gasteiger partial charge in [-0.3, -0.25) is 0 Å². The second kappa shape index (κ2) is 23.5. The Morgan fingerprint density at radius 3 is 2.22 bits per heavy atom. The number of carboxylic acid groups (broad SMARTS) is 1. The van der Waals surface area contributed by atoms with Gasteiger partial charge in [-0.15, -0.1) is 11.3 Å². The van der Waals surface area contributed by atoms with Gasteiger partial charge in [-0.25, -0.2) is 13.9 Å². The van der Waals surface area contributed by atoms with Crippen LogP contribution in [0, 0.1) is 5.82 Å². The van der Waals surface area contributed by atoms with Crippen LogP contribution < -0.4 is 34.7 Å². The minimum Gasteiger partial charge on any atom is -0.542 e. The van der Waals surface area contributed by atoms with E-state index in [0.29, 0.717) is 70.8 Å². The van der Waals surface area contributed by atoms with Gasteiger partial charge in [-0.05, 0) is 54.1 Å². The number of nitrogens with one attached hydrogen (secondary N) is 1. The molecule has 3 aromatic rings. The molecule has 0 fully saturated rings. The summed E-state index contributed by atoms with van der Waals surface area (Å²) in [5, 5.41) is 23.4. The van der Waals surface area contributed by atoms with E-state index in [1.165, 1.54) is 22.4 Å². The van der Waals surface area contributed by atoms with E-state index >= 15 is 0 Å². The van der Waals surface area contributed by atoms with E-state index in [-0.39, 0.29) is 12.4 Å². The first kappa shape index (κ1) is 45.8. The summed E-state index contributed by atoms with van der Waals surface area (Å²) in [7, 11) is 6.17. The molecule has 3 aromatic carbocycles. The number of aliphatic hydroxyl groups excluding tert-OH is 1. The van der Waals surface area contributed by atoms with Crippen LogP contribution in [0.15, 0.2) is 84.9 Å². The van der Waals surface area contributed by atoms with Gasteiger partial charge in [0.05, 0.1) is 60.4 Å². The van der Waals surface area contributed by atoms with Crippen molar-refractivity contribution < 1.29 is 56.3 Å². The number of carbonyl (C=O) groups excluding carboxylic acids is 1. The van der Waals surface area contributed by atoms with Crippen molar-refractivity contribution >= 4 is 33.2 Å². The van der Waals surface area contributed by atoms with Crippen LogP contribution >= 0.6 is 11.3 Å². The Morgan fingerprint density at radius 1 is 0.897 bits per heavy atom. The highest BCUT2D eigenvalue weighted by atomic mass is 32.1. The van der Waals surface area contributed by atoms with Gasteiger partial charge in [-0.1, -0.05) is 18.2 Å². The molecule has 0 aromatic heterocycles. The molecule has 0 radical (unpaired) electrons. The first-order chi connectivity index (χ1) is 27.8. The number of aliphatic hydroxyl groups is 1. The van der Waals surface area contributed by atoms with E-state index in [1.54, 1.807) is 35.6 Å². The Bertz CT molecular complexity index is 2050. The highest BCUT2D eigenvalue weighted by molar-refractivity contribution is 7.21.